The third kappa shape index (κ3) is 5.15. The number of fused-ring (bicyclic) bond motifs is 1. The van der Waals surface area contributed by atoms with E-state index in [1.54, 1.807) is 63.4 Å². The van der Waals surface area contributed by atoms with Crippen molar-refractivity contribution in [3.05, 3.63) is 71.2 Å². The standard InChI is InChI=1S/C27H28ClNO6S/c1-17-6-5-7-23(10-17)36(32,33)29-16-22(15-27(2,3)26(30)31)35-25-9-8-18(13-24(25)29)19-11-20(28)14-21(12-19)34-4/h5-14,22H,15-16H2,1-4H3,(H,30,31)/t22-/m0/s1. The number of nitrogens with zero attached hydrogens (tertiary/aromatic N) is 1. The van der Waals surface area contributed by atoms with Gasteiger partial charge in [-0.05, 0) is 79.9 Å². The van der Waals surface area contributed by atoms with Crippen LogP contribution in [-0.4, -0.2) is 39.3 Å². The first-order chi connectivity index (χ1) is 16.9. The van der Waals surface area contributed by atoms with Gasteiger partial charge in [-0.3, -0.25) is 9.10 Å². The lowest BCUT2D eigenvalue weighted by molar-refractivity contribution is -0.148. The average Bonchev–Trinajstić information content (AvgIpc) is 2.82. The number of rotatable bonds is 7. The van der Waals surface area contributed by atoms with Crippen LogP contribution in [0.4, 0.5) is 5.69 Å². The summed E-state index contributed by atoms with van der Waals surface area (Å²) >= 11 is 6.27. The molecule has 36 heavy (non-hydrogen) atoms. The Kier molecular flexibility index (Phi) is 6.94. The quantitative estimate of drug-likeness (QED) is 0.417. The molecule has 190 valence electrons. The highest BCUT2D eigenvalue weighted by atomic mass is 35.5. The fraction of sp³-hybridized carbons (Fsp3) is 0.296. The zero-order valence-electron chi connectivity index (χ0n) is 20.5. The average molecular weight is 530 g/mol. The maximum absolute atomic E-state index is 13.9. The lowest BCUT2D eigenvalue weighted by Crippen LogP contribution is -2.46. The molecule has 0 spiro atoms. The number of hydrogen-bond acceptors (Lipinski definition) is 5. The lowest BCUT2D eigenvalue weighted by Gasteiger charge is -2.38. The first kappa shape index (κ1) is 25.9. The number of aliphatic carboxylic acids is 1. The van der Waals surface area contributed by atoms with Crippen molar-refractivity contribution in [2.24, 2.45) is 5.41 Å². The van der Waals surface area contributed by atoms with Crippen molar-refractivity contribution >= 4 is 33.3 Å². The summed E-state index contributed by atoms with van der Waals surface area (Å²) in [6, 6.07) is 17.2. The summed E-state index contributed by atoms with van der Waals surface area (Å²) in [6.45, 7) is 5.00. The molecule has 3 aromatic carbocycles. The van der Waals surface area contributed by atoms with E-state index in [4.69, 9.17) is 21.1 Å². The van der Waals surface area contributed by atoms with Crippen molar-refractivity contribution in [2.75, 3.05) is 18.0 Å². The van der Waals surface area contributed by atoms with Crippen LogP contribution in [0.25, 0.3) is 11.1 Å². The van der Waals surface area contributed by atoms with Crippen LogP contribution in [0, 0.1) is 12.3 Å². The molecule has 9 heteroatoms. The van der Waals surface area contributed by atoms with Gasteiger partial charge in [-0.25, -0.2) is 8.42 Å². The Morgan fingerprint density at radius 3 is 2.56 bits per heavy atom. The molecule has 7 nitrogen and oxygen atoms in total. The first-order valence-electron chi connectivity index (χ1n) is 11.4. The Morgan fingerprint density at radius 1 is 1.14 bits per heavy atom. The number of aryl methyl sites for hydroxylation is 1. The van der Waals surface area contributed by atoms with E-state index in [0.717, 1.165) is 16.7 Å². The number of carboxylic acid groups (broad SMARTS) is 1. The zero-order valence-corrected chi connectivity index (χ0v) is 22.1. The van der Waals surface area contributed by atoms with Crippen LogP contribution < -0.4 is 13.8 Å². The van der Waals surface area contributed by atoms with Gasteiger partial charge < -0.3 is 14.6 Å². The SMILES string of the molecule is COc1cc(Cl)cc(-c2ccc3c(c2)N(S(=O)(=O)c2cccc(C)c2)C[C@H](CC(C)(C)C(=O)O)O3)c1. The van der Waals surface area contributed by atoms with E-state index in [1.807, 2.05) is 25.1 Å². The highest BCUT2D eigenvalue weighted by Gasteiger charge is 2.39. The van der Waals surface area contributed by atoms with Crippen LogP contribution in [0.5, 0.6) is 11.5 Å². The van der Waals surface area contributed by atoms with Crippen LogP contribution in [0.2, 0.25) is 5.02 Å². The van der Waals surface area contributed by atoms with Crippen LogP contribution in [0.3, 0.4) is 0 Å². The zero-order chi connectivity index (χ0) is 26.3. The Balaban J connectivity index is 1.83. The van der Waals surface area contributed by atoms with E-state index in [9.17, 15) is 18.3 Å². The van der Waals surface area contributed by atoms with Gasteiger partial charge in [0, 0.05) is 11.4 Å². The Bertz CT molecular complexity index is 1420. The molecular formula is C27H28ClNO6S. The Hall–Kier alpha value is -3.23. The number of benzene rings is 3. The van der Waals surface area contributed by atoms with Crippen molar-refractivity contribution in [1.29, 1.82) is 0 Å². The molecule has 0 radical (unpaired) electrons. The van der Waals surface area contributed by atoms with Crippen molar-refractivity contribution in [1.82, 2.24) is 0 Å². The van der Waals surface area contributed by atoms with Gasteiger partial charge in [0.1, 0.15) is 17.6 Å². The van der Waals surface area contributed by atoms with Gasteiger partial charge in [0.15, 0.2) is 0 Å². The number of methoxy groups -OCH3 is 1. The number of sulfonamides is 1. The first-order valence-corrected chi connectivity index (χ1v) is 13.2. The van der Waals surface area contributed by atoms with Crippen LogP contribution in [0.1, 0.15) is 25.8 Å². The van der Waals surface area contributed by atoms with E-state index in [0.29, 0.717) is 22.2 Å². The maximum Gasteiger partial charge on any atom is 0.309 e. The highest BCUT2D eigenvalue weighted by Crippen LogP contribution is 2.42. The van der Waals surface area contributed by atoms with E-state index in [-0.39, 0.29) is 17.9 Å². The predicted octanol–water partition coefficient (Wildman–Crippen LogP) is 5.78. The molecule has 0 unspecified atom stereocenters. The maximum atomic E-state index is 13.9. The Labute approximate surface area is 216 Å². The molecule has 1 N–H and O–H groups in total. The summed E-state index contributed by atoms with van der Waals surface area (Å²) in [6.07, 6.45) is -0.519. The van der Waals surface area contributed by atoms with E-state index < -0.39 is 27.5 Å². The minimum absolute atomic E-state index is 0.0255. The molecule has 0 bridgehead atoms. The number of hydrogen-bond donors (Lipinski definition) is 1. The highest BCUT2D eigenvalue weighted by molar-refractivity contribution is 7.92. The molecule has 1 heterocycles. The van der Waals surface area contributed by atoms with Crippen molar-refractivity contribution in [3.63, 3.8) is 0 Å². The fourth-order valence-electron chi connectivity index (χ4n) is 4.23. The molecule has 0 aliphatic carbocycles. The van der Waals surface area contributed by atoms with Gasteiger partial charge in [-0.1, -0.05) is 29.8 Å². The van der Waals surface area contributed by atoms with Gasteiger partial charge in [0.25, 0.3) is 10.0 Å². The smallest absolute Gasteiger partial charge is 0.309 e. The summed E-state index contributed by atoms with van der Waals surface area (Å²) in [7, 11) is -2.42. The number of ether oxygens (including phenoxy) is 2. The van der Waals surface area contributed by atoms with Crippen molar-refractivity contribution in [2.45, 2.75) is 38.2 Å². The van der Waals surface area contributed by atoms with Crippen LogP contribution in [0.15, 0.2) is 65.6 Å². The summed E-state index contributed by atoms with van der Waals surface area (Å²) in [5.74, 6) is -0.0386. The molecule has 1 aliphatic rings. The lowest BCUT2D eigenvalue weighted by atomic mass is 9.86. The molecule has 0 aromatic heterocycles. The summed E-state index contributed by atoms with van der Waals surface area (Å²) < 4.78 is 40.5. The van der Waals surface area contributed by atoms with E-state index in [1.165, 1.54) is 4.31 Å². The van der Waals surface area contributed by atoms with Gasteiger partial charge in [-0.2, -0.15) is 0 Å². The van der Waals surface area contributed by atoms with Gasteiger partial charge >= 0.3 is 5.97 Å². The molecule has 0 saturated heterocycles. The van der Waals surface area contributed by atoms with Gasteiger partial charge in [0.05, 0.1) is 29.7 Å². The minimum atomic E-state index is -3.97. The molecule has 4 rings (SSSR count). The van der Waals surface area contributed by atoms with Gasteiger partial charge in [0.2, 0.25) is 0 Å². The molecular weight excluding hydrogens is 502 g/mol. The van der Waals surface area contributed by atoms with Crippen LogP contribution >= 0.6 is 11.6 Å². The number of halogens is 1. The summed E-state index contributed by atoms with van der Waals surface area (Å²) in [4.78, 5) is 11.9. The van der Waals surface area contributed by atoms with Gasteiger partial charge in [-0.15, -0.1) is 0 Å². The third-order valence-electron chi connectivity index (χ3n) is 6.23. The van der Waals surface area contributed by atoms with E-state index >= 15 is 0 Å². The second kappa shape index (κ2) is 9.67. The molecule has 0 amide bonds. The second-order valence-electron chi connectivity index (χ2n) is 9.55. The van der Waals surface area contributed by atoms with Crippen molar-refractivity contribution < 1.29 is 27.8 Å². The number of carbonyl (C=O) groups is 1. The Morgan fingerprint density at radius 2 is 1.89 bits per heavy atom. The molecule has 1 atom stereocenters. The monoisotopic (exact) mass is 529 g/mol. The molecule has 0 saturated carbocycles. The second-order valence-corrected chi connectivity index (χ2v) is 11.8. The minimum Gasteiger partial charge on any atom is -0.497 e. The normalized spacial score (nSPS) is 15.7. The largest absolute Gasteiger partial charge is 0.497 e. The number of carboxylic acids is 1. The van der Waals surface area contributed by atoms with Crippen LogP contribution in [-0.2, 0) is 14.8 Å². The van der Waals surface area contributed by atoms with Crippen molar-refractivity contribution in [3.8, 4) is 22.6 Å². The molecule has 1 aliphatic heterocycles. The topological polar surface area (TPSA) is 93.1 Å². The molecule has 0 fully saturated rings. The number of anilines is 1. The predicted molar refractivity (Wildman–Crippen MR) is 140 cm³/mol. The summed E-state index contributed by atoms with van der Waals surface area (Å²) in [5, 5.41) is 10.1. The summed E-state index contributed by atoms with van der Waals surface area (Å²) in [5.41, 5.74) is 1.57. The van der Waals surface area contributed by atoms with E-state index in [2.05, 4.69) is 0 Å². The fourth-order valence-corrected chi connectivity index (χ4v) is 6.06. The molecule has 3 aromatic rings. The third-order valence-corrected chi connectivity index (χ3v) is 8.22.